The molecular formula is C24H15Cl4NOS. The molecule has 1 aromatic heterocycles. The van der Waals surface area contributed by atoms with Crippen molar-refractivity contribution in [1.29, 1.82) is 0 Å². The second kappa shape index (κ2) is 9.64. The Morgan fingerprint density at radius 2 is 1.35 bits per heavy atom. The highest BCUT2D eigenvalue weighted by atomic mass is 35.5. The van der Waals surface area contributed by atoms with E-state index < -0.39 is 0 Å². The second-order valence-electron chi connectivity index (χ2n) is 6.78. The standard InChI is InChI=1S/C24H15Cl4NOS/c25-16-5-1-14(2-6-16)21-12-19(13-29-24(30)15-3-7-17(26)8-4-15)31-23(21)20-10-9-18(27)11-22(20)28/h1-12H,13H2,(H,29,30). The molecule has 0 spiro atoms. The highest BCUT2D eigenvalue weighted by molar-refractivity contribution is 7.16. The van der Waals surface area contributed by atoms with E-state index in [-0.39, 0.29) is 5.91 Å². The normalized spacial score (nSPS) is 10.8. The molecule has 31 heavy (non-hydrogen) atoms. The lowest BCUT2D eigenvalue weighted by Gasteiger charge is -2.07. The molecule has 156 valence electrons. The summed E-state index contributed by atoms with van der Waals surface area (Å²) >= 11 is 26.1. The summed E-state index contributed by atoms with van der Waals surface area (Å²) in [6.07, 6.45) is 0. The van der Waals surface area contributed by atoms with E-state index >= 15 is 0 Å². The van der Waals surface area contributed by atoms with E-state index in [1.54, 1.807) is 41.7 Å². The van der Waals surface area contributed by atoms with Crippen LogP contribution in [0.3, 0.4) is 0 Å². The lowest BCUT2D eigenvalue weighted by molar-refractivity contribution is 0.0951. The van der Waals surface area contributed by atoms with Gasteiger partial charge in [0.2, 0.25) is 0 Å². The Bertz CT molecular complexity index is 1230. The van der Waals surface area contributed by atoms with Gasteiger partial charge in [-0.3, -0.25) is 4.79 Å². The summed E-state index contributed by atoms with van der Waals surface area (Å²) < 4.78 is 0. The molecule has 0 unspecified atom stereocenters. The van der Waals surface area contributed by atoms with Crippen LogP contribution < -0.4 is 5.32 Å². The van der Waals surface area contributed by atoms with Crippen LogP contribution in [0.4, 0.5) is 0 Å². The number of hydrogen-bond acceptors (Lipinski definition) is 2. The van der Waals surface area contributed by atoms with Gasteiger partial charge in [-0.15, -0.1) is 11.3 Å². The molecule has 0 saturated heterocycles. The molecule has 0 fully saturated rings. The molecule has 0 saturated carbocycles. The van der Waals surface area contributed by atoms with Gasteiger partial charge in [-0.2, -0.15) is 0 Å². The summed E-state index contributed by atoms with van der Waals surface area (Å²) in [7, 11) is 0. The Morgan fingerprint density at radius 3 is 2.00 bits per heavy atom. The molecular weight excluding hydrogens is 492 g/mol. The van der Waals surface area contributed by atoms with Crippen molar-refractivity contribution in [3.8, 4) is 21.6 Å². The maximum absolute atomic E-state index is 12.5. The number of nitrogens with one attached hydrogen (secondary N) is 1. The van der Waals surface area contributed by atoms with Gasteiger partial charge in [0.05, 0.1) is 11.6 Å². The number of rotatable bonds is 5. The van der Waals surface area contributed by atoms with E-state index in [9.17, 15) is 4.79 Å². The third-order valence-electron chi connectivity index (χ3n) is 4.64. The van der Waals surface area contributed by atoms with Crippen LogP contribution in [0.25, 0.3) is 21.6 Å². The zero-order valence-corrected chi connectivity index (χ0v) is 19.8. The Labute approximate surface area is 204 Å². The van der Waals surface area contributed by atoms with Gasteiger partial charge in [0.15, 0.2) is 0 Å². The Balaban J connectivity index is 1.66. The first-order valence-corrected chi connectivity index (χ1v) is 11.6. The minimum Gasteiger partial charge on any atom is -0.347 e. The molecule has 0 atom stereocenters. The SMILES string of the molecule is O=C(NCc1cc(-c2ccc(Cl)cc2)c(-c2ccc(Cl)cc2Cl)s1)c1ccc(Cl)cc1. The molecule has 7 heteroatoms. The fourth-order valence-corrected chi connectivity index (χ4v) is 5.09. The van der Waals surface area contributed by atoms with Crippen molar-refractivity contribution in [3.05, 3.63) is 103 Å². The molecule has 0 aliphatic heterocycles. The molecule has 0 aliphatic carbocycles. The van der Waals surface area contributed by atoms with Crippen LogP contribution in [0.1, 0.15) is 15.2 Å². The minimum absolute atomic E-state index is 0.163. The third-order valence-corrected chi connectivity index (χ3v) is 6.86. The number of benzene rings is 3. The maximum atomic E-state index is 12.5. The number of carbonyl (C=O) groups is 1. The number of amides is 1. The fraction of sp³-hybridized carbons (Fsp3) is 0.0417. The topological polar surface area (TPSA) is 29.1 Å². The minimum atomic E-state index is -0.163. The summed E-state index contributed by atoms with van der Waals surface area (Å²) in [5, 5.41) is 5.37. The van der Waals surface area contributed by atoms with Crippen molar-refractivity contribution in [2.45, 2.75) is 6.54 Å². The maximum Gasteiger partial charge on any atom is 0.251 e. The first-order valence-electron chi connectivity index (χ1n) is 9.28. The third kappa shape index (κ3) is 5.25. The average molecular weight is 507 g/mol. The van der Waals surface area contributed by atoms with Crippen molar-refractivity contribution >= 4 is 63.6 Å². The second-order valence-corrected chi connectivity index (χ2v) is 9.63. The van der Waals surface area contributed by atoms with Crippen LogP contribution >= 0.6 is 57.7 Å². The van der Waals surface area contributed by atoms with Gasteiger partial charge in [0.1, 0.15) is 0 Å². The highest BCUT2D eigenvalue weighted by Gasteiger charge is 2.16. The summed E-state index contributed by atoms with van der Waals surface area (Å²) in [6.45, 7) is 0.387. The van der Waals surface area contributed by atoms with Gasteiger partial charge < -0.3 is 5.32 Å². The Morgan fingerprint density at radius 1 is 0.742 bits per heavy atom. The monoisotopic (exact) mass is 505 g/mol. The van der Waals surface area contributed by atoms with Gasteiger partial charge in [0.25, 0.3) is 5.91 Å². The molecule has 3 aromatic carbocycles. The number of halogens is 4. The summed E-state index contributed by atoms with van der Waals surface area (Å²) in [5.74, 6) is -0.163. The first-order chi connectivity index (χ1) is 14.9. The van der Waals surface area contributed by atoms with E-state index in [0.717, 1.165) is 26.4 Å². The average Bonchev–Trinajstić information content (AvgIpc) is 3.17. The van der Waals surface area contributed by atoms with Gasteiger partial charge in [-0.1, -0.05) is 64.6 Å². The Kier molecular flexibility index (Phi) is 6.90. The van der Waals surface area contributed by atoms with Crippen LogP contribution in [0.5, 0.6) is 0 Å². The van der Waals surface area contributed by atoms with Gasteiger partial charge >= 0.3 is 0 Å². The van der Waals surface area contributed by atoms with Gasteiger partial charge in [0, 0.05) is 41.5 Å². The quantitative estimate of drug-likeness (QED) is 0.288. The molecule has 1 amide bonds. The predicted molar refractivity (Wildman–Crippen MR) is 133 cm³/mol. The molecule has 2 nitrogen and oxygen atoms in total. The van der Waals surface area contributed by atoms with Crippen molar-refractivity contribution in [1.82, 2.24) is 5.32 Å². The van der Waals surface area contributed by atoms with Crippen LogP contribution in [0.15, 0.2) is 72.8 Å². The fourth-order valence-electron chi connectivity index (χ4n) is 3.12. The van der Waals surface area contributed by atoms with E-state index in [0.29, 0.717) is 32.2 Å². The molecule has 0 bridgehead atoms. The lowest BCUT2D eigenvalue weighted by atomic mass is 10.0. The number of thiophene rings is 1. The zero-order chi connectivity index (χ0) is 22.0. The van der Waals surface area contributed by atoms with Crippen LogP contribution in [0.2, 0.25) is 20.1 Å². The molecule has 0 aliphatic rings. The lowest BCUT2D eigenvalue weighted by Crippen LogP contribution is -2.22. The molecule has 4 rings (SSSR count). The number of carbonyl (C=O) groups excluding carboxylic acids is 1. The molecule has 1 heterocycles. The van der Waals surface area contributed by atoms with E-state index in [1.165, 1.54) is 0 Å². The largest absolute Gasteiger partial charge is 0.347 e. The van der Waals surface area contributed by atoms with Gasteiger partial charge in [-0.25, -0.2) is 0 Å². The van der Waals surface area contributed by atoms with E-state index in [1.807, 2.05) is 36.4 Å². The van der Waals surface area contributed by atoms with Crippen LogP contribution in [0, 0.1) is 0 Å². The van der Waals surface area contributed by atoms with Crippen molar-refractivity contribution < 1.29 is 4.79 Å². The van der Waals surface area contributed by atoms with E-state index in [2.05, 4.69) is 11.4 Å². The van der Waals surface area contributed by atoms with Crippen LogP contribution in [-0.2, 0) is 6.54 Å². The Hall–Kier alpha value is -2.01. The van der Waals surface area contributed by atoms with Crippen molar-refractivity contribution in [3.63, 3.8) is 0 Å². The van der Waals surface area contributed by atoms with E-state index in [4.69, 9.17) is 46.4 Å². The van der Waals surface area contributed by atoms with Crippen molar-refractivity contribution in [2.75, 3.05) is 0 Å². The molecule has 0 radical (unpaired) electrons. The van der Waals surface area contributed by atoms with Crippen LogP contribution in [-0.4, -0.2) is 5.91 Å². The smallest absolute Gasteiger partial charge is 0.251 e. The summed E-state index contributed by atoms with van der Waals surface area (Å²) in [5.41, 5.74) is 3.47. The van der Waals surface area contributed by atoms with Crippen molar-refractivity contribution in [2.24, 2.45) is 0 Å². The zero-order valence-electron chi connectivity index (χ0n) is 16.0. The predicted octanol–water partition coefficient (Wildman–Crippen LogP) is 8.63. The molecule has 4 aromatic rings. The number of hydrogen-bond donors (Lipinski definition) is 1. The van der Waals surface area contributed by atoms with Gasteiger partial charge in [-0.05, 0) is 60.2 Å². The first kappa shape index (κ1) is 22.2. The summed E-state index contributed by atoms with van der Waals surface area (Å²) in [4.78, 5) is 14.5. The molecule has 1 N–H and O–H groups in total. The summed E-state index contributed by atoms with van der Waals surface area (Å²) in [6, 6.07) is 21.9. The highest BCUT2D eigenvalue weighted by Crippen LogP contribution is 2.43.